The SMILES string of the molecule is C=C1CCC(N2C(=O)c3ccc(N4CCN(CCCCCOc5cccc([C@@H]6c7ccc(O)cc7CC[C@@H]6c6ccccc6)c5)CC4)cc3C2=O)C(=O)N1. The average molecular weight is 725 g/mol. The summed E-state index contributed by atoms with van der Waals surface area (Å²) in [6.07, 6.45) is 6.08. The minimum atomic E-state index is -0.802. The van der Waals surface area contributed by atoms with Crippen LogP contribution in [-0.2, 0) is 11.2 Å². The van der Waals surface area contributed by atoms with Crippen LogP contribution in [0.15, 0.2) is 103 Å². The number of phenols is 1. The maximum atomic E-state index is 13.3. The molecule has 9 nitrogen and oxygen atoms in total. The number of rotatable bonds is 11. The number of piperazine rings is 1. The molecule has 2 N–H and O–H groups in total. The number of ether oxygens (including phenoxy) is 1. The molecule has 2 fully saturated rings. The predicted molar refractivity (Wildman–Crippen MR) is 209 cm³/mol. The van der Waals surface area contributed by atoms with E-state index in [2.05, 4.69) is 82.4 Å². The first-order valence-corrected chi connectivity index (χ1v) is 19.4. The highest BCUT2D eigenvalue weighted by molar-refractivity contribution is 6.23. The zero-order valence-electron chi connectivity index (χ0n) is 30.7. The Kier molecular flexibility index (Phi) is 10.2. The summed E-state index contributed by atoms with van der Waals surface area (Å²) >= 11 is 0. The van der Waals surface area contributed by atoms with Gasteiger partial charge in [0.15, 0.2) is 0 Å². The van der Waals surface area contributed by atoms with Crippen LogP contribution in [0.4, 0.5) is 5.69 Å². The van der Waals surface area contributed by atoms with Gasteiger partial charge in [-0.15, -0.1) is 0 Å². The smallest absolute Gasteiger partial charge is 0.262 e. The number of unbranched alkanes of at least 4 members (excludes halogenated alkanes) is 2. The lowest BCUT2D eigenvalue weighted by Crippen LogP contribution is -2.51. The van der Waals surface area contributed by atoms with Crippen molar-refractivity contribution < 1.29 is 24.2 Å². The molecule has 4 aliphatic rings. The monoisotopic (exact) mass is 724 g/mol. The van der Waals surface area contributed by atoms with Crippen LogP contribution in [0.1, 0.15) is 93.3 Å². The number of nitrogens with one attached hydrogen (secondary N) is 1. The molecule has 0 aromatic heterocycles. The Morgan fingerprint density at radius 2 is 1.56 bits per heavy atom. The number of aromatic hydroxyl groups is 1. The molecule has 278 valence electrons. The number of carbonyl (C=O) groups is 3. The molecule has 0 spiro atoms. The maximum Gasteiger partial charge on any atom is 0.262 e. The molecular formula is C45H48N4O5. The van der Waals surface area contributed by atoms with Crippen LogP contribution >= 0.6 is 0 Å². The number of hydrogen-bond donors (Lipinski definition) is 2. The zero-order chi connectivity index (χ0) is 37.2. The van der Waals surface area contributed by atoms with Gasteiger partial charge in [0.05, 0.1) is 17.7 Å². The normalized spacial score (nSPS) is 21.5. The molecule has 4 aromatic carbocycles. The Morgan fingerprint density at radius 3 is 2.37 bits per heavy atom. The van der Waals surface area contributed by atoms with Gasteiger partial charge in [0.1, 0.15) is 17.5 Å². The number of piperidine rings is 1. The fourth-order valence-corrected chi connectivity index (χ4v) is 8.85. The van der Waals surface area contributed by atoms with Gasteiger partial charge < -0.3 is 20.1 Å². The van der Waals surface area contributed by atoms with Crippen LogP contribution in [0.2, 0.25) is 0 Å². The van der Waals surface area contributed by atoms with Gasteiger partial charge in [-0.3, -0.25) is 24.2 Å². The number of anilines is 1. The number of amides is 3. The lowest BCUT2D eigenvalue weighted by molar-refractivity contribution is -0.125. The maximum absolute atomic E-state index is 13.3. The summed E-state index contributed by atoms with van der Waals surface area (Å²) in [4.78, 5) is 45.0. The van der Waals surface area contributed by atoms with Gasteiger partial charge in [-0.25, -0.2) is 0 Å². The van der Waals surface area contributed by atoms with E-state index >= 15 is 0 Å². The van der Waals surface area contributed by atoms with E-state index in [9.17, 15) is 19.5 Å². The predicted octanol–water partition coefficient (Wildman–Crippen LogP) is 7.01. The van der Waals surface area contributed by atoms with Crippen LogP contribution in [0.3, 0.4) is 0 Å². The number of benzene rings is 4. The molecule has 3 aliphatic heterocycles. The molecule has 0 radical (unpaired) electrons. The molecular weight excluding hydrogens is 677 g/mol. The highest BCUT2D eigenvalue weighted by atomic mass is 16.5. The number of nitrogens with zero attached hydrogens (tertiary/aromatic N) is 3. The lowest BCUT2D eigenvalue weighted by atomic mass is 9.69. The topological polar surface area (TPSA) is 102 Å². The first kappa shape index (κ1) is 35.6. The first-order chi connectivity index (χ1) is 26.3. The molecule has 54 heavy (non-hydrogen) atoms. The van der Waals surface area contributed by atoms with E-state index in [0.29, 0.717) is 47.9 Å². The number of phenolic OH excluding ortho intramolecular Hbond substituents is 1. The second kappa shape index (κ2) is 15.5. The Morgan fingerprint density at radius 1 is 0.759 bits per heavy atom. The largest absolute Gasteiger partial charge is 0.508 e. The molecule has 1 unspecified atom stereocenters. The van der Waals surface area contributed by atoms with Gasteiger partial charge >= 0.3 is 0 Å². The molecule has 2 saturated heterocycles. The summed E-state index contributed by atoms with van der Waals surface area (Å²) in [6.45, 7) is 9.05. The van der Waals surface area contributed by atoms with Crippen molar-refractivity contribution in [1.82, 2.24) is 15.1 Å². The second-order valence-electron chi connectivity index (χ2n) is 15.1. The van der Waals surface area contributed by atoms with Crippen LogP contribution in [-0.4, -0.2) is 78.0 Å². The quantitative estimate of drug-likeness (QED) is 0.127. The number of allylic oxidation sites excluding steroid dienone is 1. The second-order valence-corrected chi connectivity index (χ2v) is 15.1. The average Bonchev–Trinajstić information content (AvgIpc) is 3.44. The summed E-state index contributed by atoms with van der Waals surface area (Å²) in [7, 11) is 0. The number of fused-ring (bicyclic) bond motifs is 2. The third-order valence-electron chi connectivity index (χ3n) is 11.7. The highest BCUT2D eigenvalue weighted by Crippen LogP contribution is 2.47. The number of hydrogen-bond acceptors (Lipinski definition) is 7. The number of imide groups is 1. The fourth-order valence-electron chi connectivity index (χ4n) is 8.85. The van der Waals surface area contributed by atoms with Crippen molar-refractivity contribution in [2.45, 2.75) is 62.8 Å². The summed E-state index contributed by atoms with van der Waals surface area (Å²) in [6, 6.07) is 29.9. The Labute approximate surface area is 317 Å². The Bertz CT molecular complexity index is 2060. The Balaban J connectivity index is 0.802. The van der Waals surface area contributed by atoms with Gasteiger partial charge in [-0.05, 0) is 122 Å². The molecule has 9 heteroatoms. The van der Waals surface area contributed by atoms with Gasteiger partial charge in [-0.2, -0.15) is 0 Å². The van der Waals surface area contributed by atoms with E-state index in [1.54, 1.807) is 6.07 Å². The van der Waals surface area contributed by atoms with Crippen LogP contribution in [0.5, 0.6) is 11.5 Å². The van der Waals surface area contributed by atoms with Gasteiger partial charge in [0, 0.05) is 43.5 Å². The van der Waals surface area contributed by atoms with Crippen molar-refractivity contribution in [2.24, 2.45) is 0 Å². The number of aryl methyl sites for hydroxylation is 1. The molecule has 4 aromatic rings. The van der Waals surface area contributed by atoms with Crippen LogP contribution in [0.25, 0.3) is 0 Å². The van der Waals surface area contributed by atoms with E-state index in [1.807, 2.05) is 24.3 Å². The van der Waals surface area contributed by atoms with Gasteiger partial charge in [0.2, 0.25) is 5.91 Å². The molecule has 3 amide bonds. The standard InChI is InChI=1S/C45H48N4O5/c1-30-13-20-41(43(51)46-30)49-44(52)39-18-15-34(29-40(39)45(49)53)48-24-22-47(23-25-48)21-6-3-7-26-54-36-12-8-11-33(28-36)42-37(31-9-4-2-5-10-31)17-14-32-27-35(50)16-19-38(32)42/h2,4-5,8-12,15-16,18-19,27-29,37,41-42,50H,1,3,6-7,13-14,17,20-26H2,(H,46,51)/t37-,41?,42+/m1/s1. The van der Waals surface area contributed by atoms with Crippen LogP contribution < -0.4 is 15.0 Å². The minimum Gasteiger partial charge on any atom is -0.508 e. The van der Waals surface area contributed by atoms with Crippen molar-refractivity contribution in [3.63, 3.8) is 0 Å². The van der Waals surface area contributed by atoms with Crippen molar-refractivity contribution in [2.75, 3.05) is 44.2 Å². The minimum absolute atomic E-state index is 0.193. The van der Waals surface area contributed by atoms with Crippen molar-refractivity contribution in [1.29, 1.82) is 0 Å². The Hall–Kier alpha value is -5.41. The highest BCUT2D eigenvalue weighted by Gasteiger charge is 2.44. The summed E-state index contributed by atoms with van der Waals surface area (Å²) in [5.74, 6) is 0.629. The fraction of sp³-hybridized carbons (Fsp3) is 0.356. The molecule has 3 heterocycles. The first-order valence-electron chi connectivity index (χ1n) is 19.4. The molecule has 8 rings (SSSR count). The number of carbonyl (C=O) groups excluding carboxylic acids is 3. The zero-order valence-corrected chi connectivity index (χ0v) is 30.7. The summed E-state index contributed by atoms with van der Waals surface area (Å²) < 4.78 is 6.31. The molecule has 1 aliphatic carbocycles. The van der Waals surface area contributed by atoms with Gasteiger partial charge in [-0.1, -0.05) is 55.1 Å². The third kappa shape index (κ3) is 7.25. The van der Waals surface area contributed by atoms with E-state index in [4.69, 9.17) is 4.74 Å². The van der Waals surface area contributed by atoms with Crippen molar-refractivity contribution >= 4 is 23.4 Å². The van der Waals surface area contributed by atoms with E-state index < -0.39 is 17.9 Å². The summed E-state index contributed by atoms with van der Waals surface area (Å²) in [5.41, 5.74) is 7.39. The molecule has 0 saturated carbocycles. The lowest BCUT2D eigenvalue weighted by Gasteiger charge is -2.36. The summed E-state index contributed by atoms with van der Waals surface area (Å²) in [5, 5.41) is 12.9. The van der Waals surface area contributed by atoms with Gasteiger partial charge in [0.25, 0.3) is 11.8 Å². The van der Waals surface area contributed by atoms with Crippen molar-refractivity contribution in [3.05, 3.63) is 137 Å². The van der Waals surface area contributed by atoms with Crippen LogP contribution in [0, 0.1) is 0 Å². The third-order valence-corrected chi connectivity index (χ3v) is 11.7. The van der Waals surface area contributed by atoms with E-state index in [0.717, 1.165) is 81.2 Å². The molecule has 0 bridgehead atoms. The van der Waals surface area contributed by atoms with E-state index in [1.165, 1.54) is 22.3 Å². The van der Waals surface area contributed by atoms with Crippen molar-refractivity contribution in [3.8, 4) is 11.5 Å². The van der Waals surface area contributed by atoms with E-state index in [-0.39, 0.29) is 11.8 Å². The molecule has 3 atom stereocenters.